The lowest BCUT2D eigenvalue weighted by molar-refractivity contribution is 0.283. The number of methoxy groups -OCH3 is 1. The lowest BCUT2D eigenvalue weighted by Crippen LogP contribution is -2.22. The molecule has 1 aliphatic carbocycles. The molecule has 15 heavy (non-hydrogen) atoms. The van der Waals surface area contributed by atoms with Crippen LogP contribution < -0.4 is 5.32 Å². The van der Waals surface area contributed by atoms with Crippen LogP contribution in [0, 0.1) is 5.41 Å². The van der Waals surface area contributed by atoms with E-state index in [1.54, 1.807) is 7.11 Å². The van der Waals surface area contributed by atoms with Crippen molar-refractivity contribution in [3.8, 4) is 0 Å². The van der Waals surface area contributed by atoms with Gasteiger partial charge in [0, 0.05) is 12.5 Å². The number of hydrogen-bond acceptors (Lipinski definition) is 2. The van der Waals surface area contributed by atoms with Crippen LogP contribution in [0.1, 0.15) is 13.3 Å². The SMILES string of the molecule is C=CC(=C)C1(C)C=C(OC)C(NC)=CC1. The minimum absolute atomic E-state index is 0.0759. The van der Waals surface area contributed by atoms with Crippen molar-refractivity contribution >= 4 is 0 Å². The molecule has 1 rings (SSSR count). The smallest absolute Gasteiger partial charge is 0.138 e. The maximum absolute atomic E-state index is 5.34. The van der Waals surface area contributed by atoms with Gasteiger partial charge >= 0.3 is 0 Å². The number of nitrogens with one attached hydrogen (secondary N) is 1. The monoisotopic (exact) mass is 205 g/mol. The minimum atomic E-state index is -0.0759. The lowest BCUT2D eigenvalue weighted by atomic mass is 9.76. The summed E-state index contributed by atoms with van der Waals surface area (Å²) in [6.07, 6.45) is 6.96. The first-order valence-corrected chi connectivity index (χ1v) is 5.04. The molecule has 0 radical (unpaired) electrons. The zero-order valence-electron chi connectivity index (χ0n) is 9.76. The highest BCUT2D eigenvalue weighted by molar-refractivity contribution is 5.38. The summed E-state index contributed by atoms with van der Waals surface area (Å²) in [6.45, 7) is 9.92. The Morgan fingerprint density at radius 1 is 1.67 bits per heavy atom. The Hall–Kier alpha value is -1.44. The van der Waals surface area contributed by atoms with Gasteiger partial charge in [-0.1, -0.05) is 32.2 Å². The van der Waals surface area contributed by atoms with Crippen LogP contribution in [0.4, 0.5) is 0 Å². The van der Waals surface area contributed by atoms with Crippen LogP contribution in [0.15, 0.2) is 48.4 Å². The summed E-state index contributed by atoms with van der Waals surface area (Å²) in [5, 5.41) is 3.11. The van der Waals surface area contributed by atoms with Crippen LogP contribution in [0.5, 0.6) is 0 Å². The van der Waals surface area contributed by atoms with Crippen LogP contribution in [0.2, 0.25) is 0 Å². The molecular weight excluding hydrogens is 186 g/mol. The van der Waals surface area contributed by atoms with Gasteiger partial charge < -0.3 is 10.1 Å². The third-order valence-corrected chi connectivity index (χ3v) is 2.91. The van der Waals surface area contributed by atoms with Crippen LogP contribution in [-0.4, -0.2) is 14.2 Å². The predicted octanol–water partition coefficient (Wildman–Crippen LogP) is 2.77. The maximum atomic E-state index is 5.34. The fraction of sp³-hybridized carbons (Fsp3) is 0.385. The van der Waals surface area contributed by atoms with E-state index in [0.717, 1.165) is 23.5 Å². The zero-order valence-corrected chi connectivity index (χ0v) is 9.76. The van der Waals surface area contributed by atoms with Crippen molar-refractivity contribution in [2.24, 2.45) is 5.41 Å². The van der Waals surface area contributed by atoms with Gasteiger partial charge in [0.2, 0.25) is 0 Å². The maximum Gasteiger partial charge on any atom is 0.138 e. The van der Waals surface area contributed by atoms with Gasteiger partial charge in [0.05, 0.1) is 12.8 Å². The van der Waals surface area contributed by atoms with Gasteiger partial charge in [-0.05, 0) is 18.1 Å². The Labute approximate surface area is 92.0 Å². The van der Waals surface area contributed by atoms with Gasteiger partial charge in [-0.2, -0.15) is 0 Å². The summed E-state index contributed by atoms with van der Waals surface area (Å²) in [5.74, 6) is 0.870. The van der Waals surface area contributed by atoms with Gasteiger partial charge in [-0.25, -0.2) is 0 Å². The first-order chi connectivity index (χ1) is 7.07. The molecule has 1 aliphatic rings. The second kappa shape index (κ2) is 4.39. The van der Waals surface area contributed by atoms with Crippen molar-refractivity contribution in [2.75, 3.05) is 14.2 Å². The van der Waals surface area contributed by atoms with Gasteiger partial charge in [0.1, 0.15) is 5.76 Å². The van der Waals surface area contributed by atoms with E-state index in [-0.39, 0.29) is 5.41 Å². The summed E-state index contributed by atoms with van der Waals surface area (Å²) < 4.78 is 5.34. The molecule has 2 heteroatoms. The van der Waals surface area contributed by atoms with E-state index >= 15 is 0 Å². The molecule has 0 aromatic heterocycles. The second-order valence-corrected chi connectivity index (χ2v) is 3.93. The molecular formula is C13H19NO. The standard InChI is InChI=1S/C13H19NO/c1-6-10(2)13(3)8-7-11(14-4)12(9-13)15-5/h6-7,9,14H,1-2,8H2,3-5H3. The molecule has 0 aromatic carbocycles. The summed E-state index contributed by atoms with van der Waals surface area (Å²) in [7, 11) is 3.57. The van der Waals surface area contributed by atoms with E-state index in [9.17, 15) is 0 Å². The zero-order chi connectivity index (χ0) is 11.5. The quantitative estimate of drug-likeness (QED) is 0.713. The van der Waals surface area contributed by atoms with E-state index in [1.165, 1.54) is 0 Å². The molecule has 0 bridgehead atoms. The van der Waals surface area contributed by atoms with Crippen LogP contribution in [0.3, 0.4) is 0 Å². The highest BCUT2D eigenvalue weighted by atomic mass is 16.5. The largest absolute Gasteiger partial charge is 0.495 e. The molecule has 2 nitrogen and oxygen atoms in total. The fourth-order valence-electron chi connectivity index (χ4n) is 1.69. The molecule has 0 aromatic rings. The molecule has 0 spiro atoms. The number of allylic oxidation sites excluding steroid dienone is 4. The molecule has 1 N–H and O–H groups in total. The molecule has 0 aliphatic heterocycles. The van der Waals surface area contributed by atoms with Crippen molar-refractivity contribution in [1.82, 2.24) is 5.32 Å². The fourth-order valence-corrected chi connectivity index (χ4v) is 1.69. The average molecular weight is 205 g/mol. The van der Waals surface area contributed by atoms with Crippen molar-refractivity contribution in [1.29, 1.82) is 0 Å². The molecule has 0 saturated heterocycles. The van der Waals surface area contributed by atoms with Crippen LogP contribution in [-0.2, 0) is 4.74 Å². The van der Waals surface area contributed by atoms with Crippen molar-refractivity contribution in [2.45, 2.75) is 13.3 Å². The van der Waals surface area contributed by atoms with Crippen molar-refractivity contribution in [3.63, 3.8) is 0 Å². The van der Waals surface area contributed by atoms with Crippen molar-refractivity contribution < 1.29 is 4.74 Å². The number of ether oxygens (including phenoxy) is 1. The topological polar surface area (TPSA) is 21.3 Å². The Balaban J connectivity index is 3.03. The normalized spacial score (nSPS) is 25.0. The van der Waals surface area contributed by atoms with Crippen LogP contribution >= 0.6 is 0 Å². The Morgan fingerprint density at radius 2 is 2.33 bits per heavy atom. The molecule has 0 amide bonds. The molecule has 1 atom stereocenters. The highest BCUT2D eigenvalue weighted by Gasteiger charge is 2.28. The first-order valence-electron chi connectivity index (χ1n) is 5.04. The summed E-state index contributed by atoms with van der Waals surface area (Å²) in [4.78, 5) is 0. The van der Waals surface area contributed by atoms with E-state index < -0.39 is 0 Å². The highest BCUT2D eigenvalue weighted by Crippen LogP contribution is 2.38. The van der Waals surface area contributed by atoms with E-state index in [2.05, 4.69) is 37.6 Å². The first kappa shape index (κ1) is 11.6. The van der Waals surface area contributed by atoms with Gasteiger partial charge in [0.25, 0.3) is 0 Å². The van der Waals surface area contributed by atoms with E-state index in [4.69, 9.17) is 4.74 Å². The Morgan fingerprint density at radius 3 is 2.80 bits per heavy atom. The van der Waals surface area contributed by atoms with E-state index in [1.807, 2.05) is 13.1 Å². The third-order valence-electron chi connectivity index (χ3n) is 2.91. The second-order valence-electron chi connectivity index (χ2n) is 3.93. The van der Waals surface area contributed by atoms with Crippen LogP contribution in [0.25, 0.3) is 0 Å². The van der Waals surface area contributed by atoms with Gasteiger partial charge in [0.15, 0.2) is 0 Å². The third kappa shape index (κ3) is 2.14. The predicted molar refractivity (Wildman–Crippen MR) is 64.3 cm³/mol. The number of hydrogen-bond donors (Lipinski definition) is 1. The Bertz CT molecular complexity index is 338. The number of likely N-dealkylation sites (N-methyl/N-ethyl adjacent to an activating group) is 1. The lowest BCUT2D eigenvalue weighted by Gasteiger charge is -2.31. The minimum Gasteiger partial charge on any atom is -0.495 e. The van der Waals surface area contributed by atoms with Crippen molar-refractivity contribution in [3.05, 3.63) is 48.4 Å². The van der Waals surface area contributed by atoms with Gasteiger partial charge in [-0.3, -0.25) is 0 Å². The molecule has 0 fully saturated rings. The summed E-state index contributed by atoms with van der Waals surface area (Å²) in [5.41, 5.74) is 1.98. The Kier molecular flexibility index (Phi) is 3.40. The summed E-state index contributed by atoms with van der Waals surface area (Å²) >= 11 is 0. The van der Waals surface area contributed by atoms with Gasteiger partial charge in [-0.15, -0.1) is 0 Å². The molecule has 0 heterocycles. The number of rotatable bonds is 4. The molecule has 82 valence electrons. The molecule has 1 unspecified atom stereocenters. The summed E-state index contributed by atoms with van der Waals surface area (Å²) in [6, 6.07) is 0. The van der Waals surface area contributed by atoms with E-state index in [0.29, 0.717) is 0 Å². The average Bonchev–Trinajstić information content (AvgIpc) is 2.27. The molecule has 0 saturated carbocycles.